The predicted molar refractivity (Wildman–Crippen MR) is 45.9 cm³/mol. The summed E-state index contributed by atoms with van der Waals surface area (Å²) in [5, 5.41) is 3.78. The molecule has 0 aliphatic rings. The fourth-order valence-electron chi connectivity index (χ4n) is 1.38. The molecule has 0 saturated heterocycles. The van der Waals surface area contributed by atoms with Gasteiger partial charge < -0.3 is 4.52 Å². The summed E-state index contributed by atoms with van der Waals surface area (Å²) in [4.78, 5) is 4.37. The summed E-state index contributed by atoms with van der Waals surface area (Å²) in [6.07, 6.45) is 1.75. The summed E-state index contributed by atoms with van der Waals surface area (Å²) in [5.74, 6) is 0. The molecule has 0 bridgehead atoms. The van der Waals surface area contributed by atoms with Crippen molar-refractivity contribution in [2.24, 2.45) is 0 Å². The number of hydrogen-bond acceptors (Lipinski definition) is 2. The standard InChI is InChI=1S/C9H6N2O/c1-2-6-4-9-8(5-10-12-9)11-7(6)3-1/h1-5,10H. The van der Waals surface area contributed by atoms with Crippen LogP contribution in [-0.2, 0) is 0 Å². The van der Waals surface area contributed by atoms with Gasteiger partial charge in [0.2, 0.25) is 0 Å². The van der Waals surface area contributed by atoms with Gasteiger partial charge in [-0.25, -0.2) is 10.1 Å². The van der Waals surface area contributed by atoms with Crippen LogP contribution in [0.4, 0.5) is 0 Å². The molecule has 58 valence electrons. The lowest BCUT2D eigenvalue weighted by Crippen LogP contribution is -1.72. The first-order valence-corrected chi connectivity index (χ1v) is 3.75. The van der Waals surface area contributed by atoms with Crippen LogP contribution in [0.2, 0.25) is 0 Å². The van der Waals surface area contributed by atoms with Gasteiger partial charge in [-0.05, 0) is 12.1 Å². The second-order valence-corrected chi connectivity index (χ2v) is 2.74. The molecule has 3 heteroatoms. The van der Waals surface area contributed by atoms with Crippen LogP contribution in [0, 0.1) is 0 Å². The van der Waals surface area contributed by atoms with E-state index < -0.39 is 0 Å². The molecule has 3 aromatic rings. The van der Waals surface area contributed by atoms with Gasteiger partial charge in [-0.3, -0.25) is 0 Å². The van der Waals surface area contributed by atoms with Gasteiger partial charge >= 0.3 is 0 Å². The van der Waals surface area contributed by atoms with Crippen LogP contribution in [0.15, 0.2) is 35.0 Å². The Morgan fingerprint density at radius 2 is 2.25 bits per heavy atom. The highest BCUT2D eigenvalue weighted by Crippen LogP contribution is 2.19. The van der Waals surface area contributed by atoms with Crippen LogP contribution in [0.3, 0.4) is 0 Å². The number of pyridine rings is 1. The first kappa shape index (κ1) is 5.83. The second-order valence-electron chi connectivity index (χ2n) is 2.74. The zero-order valence-corrected chi connectivity index (χ0v) is 6.24. The van der Waals surface area contributed by atoms with Gasteiger partial charge in [-0.1, -0.05) is 12.1 Å². The molecule has 0 atom stereocenters. The molecule has 0 unspecified atom stereocenters. The van der Waals surface area contributed by atoms with E-state index in [4.69, 9.17) is 4.52 Å². The van der Waals surface area contributed by atoms with E-state index in [2.05, 4.69) is 10.1 Å². The first-order valence-electron chi connectivity index (χ1n) is 3.75. The van der Waals surface area contributed by atoms with Crippen LogP contribution in [0.25, 0.3) is 22.0 Å². The van der Waals surface area contributed by atoms with E-state index in [1.165, 1.54) is 0 Å². The highest BCUT2D eigenvalue weighted by atomic mass is 16.5. The minimum absolute atomic E-state index is 0.800. The van der Waals surface area contributed by atoms with Gasteiger partial charge in [0, 0.05) is 5.39 Å². The molecular weight excluding hydrogens is 152 g/mol. The lowest BCUT2D eigenvalue weighted by molar-refractivity contribution is 0.456. The van der Waals surface area contributed by atoms with Crippen LogP contribution in [-0.4, -0.2) is 10.1 Å². The largest absolute Gasteiger partial charge is 0.380 e. The van der Waals surface area contributed by atoms with Crippen molar-refractivity contribution < 1.29 is 4.52 Å². The van der Waals surface area contributed by atoms with Crippen molar-refractivity contribution in [3.63, 3.8) is 0 Å². The topological polar surface area (TPSA) is 41.8 Å². The molecular formula is C9H6N2O. The van der Waals surface area contributed by atoms with Crippen LogP contribution in [0.1, 0.15) is 0 Å². The maximum absolute atomic E-state index is 5.11. The van der Waals surface area contributed by atoms with Gasteiger partial charge in [-0.15, -0.1) is 0 Å². The number of fused-ring (bicyclic) bond motifs is 2. The monoisotopic (exact) mass is 158 g/mol. The number of rotatable bonds is 0. The molecule has 3 nitrogen and oxygen atoms in total. The molecule has 0 spiro atoms. The number of nitrogens with one attached hydrogen (secondary N) is 1. The predicted octanol–water partition coefficient (Wildman–Crippen LogP) is 2.31. The van der Waals surface area contributed by atoms with Crippen molar-refractivity contribution >= 4 is 22.0 Å². The molecule has 1 aromatic carbocycles. The average Bonchev–Trinajstić information content (AvgIpc) is 2.64. The van der Waals surface area contributed by atoms with Crippen molar-refractivity contribution in [2.75, 3.05) is 0 Å². The van der Waals surface area contributed by atoms with Crippen LogP contribution >= 0.6 is 0 Å². The minimum Gasteiger partial charge on any atom is -0.380 e. The zero-order valence-electron chi connectivity index (χ0n) is 6.24. The highest BCUT2D eigenvalue weighted by molar-refractivity contribution is 5.90. The Kier molecular flexibility index (Phi) is 0.913. The maximum Gasteiger partial charge on any atom is 0.182 e. The Hall–Kier alpha value is -1.77. The van der Waals surface area contributed by atoms with E-state index in [1.807, 2.05) is 24.3 Å². The van der Waals surface area contributed by atoms with Crippen molar-refractivity contribution in [2.45, 2.75) is 0 Å². The molecule has 0 fully saturated rings. The fraction of sp³-hybridized carbons (Fsp3) is 0. The van der Waals surface area contributed by atoms with E-state index >= 15 is 0 Å². The van der Waals surface area contributed by atoms with Crippen molar-refractivity contribution in [3.8, 4) is 0 Å². The molecule has 0 saturated carbocycles. The highest BCUT2D eigenvalue weighted by Gasteiger charge is 2.01. The Morgan fingerprint density at radius 1 is 1.25 bits per heavy atom. The lowest BCUT2D eigenvalue weighted by atomic mass is 10.3. The zero-order chi connectivity index (χ0) is 7.97. The number of nitrogens with zero attached hydrogens (tertiary/aromatic N) is 1. The average molecular weight is 158 g/mol. The number of aromatic amines is 1. The smallest absolute Gasteiger partial charge is 0.182 e. The van der Waals surface area contributed by atoms with E-state index in [9.17, 15) is 0 Å². The van der Waals surface area contributed by atoms with Gasteiger partial charge in [0.05, 0.1) is 11.7 Å². The Morgan fingerprint density at radius 3 is 3.25 bits per heavy atom. The fourth-order valence-corrected chi connectivity index (χ4v) is 1.38. The van der Waals surface area contributed by atoms with Crippen molar-refractivity contribution in [3.05, 3.63) is 30.5 Å². The van der Waals surface area contributed by atoms with E-state index in [-0.39, 0.29) is 0 Å². The first-order chi connectivity index (χ1) is 5.93. The molecule has 0 aliphatic carbocycles. The van der Waals surface area contributed by atoms with Gasteiger partial charge in [-0.2, -0.15) is 0 Å². The van der Waals surface area contributed by atoms with Gasteiger partial charge in [0.1, 0.15) is 5.52 Å². The quantitative estimate of drug-likeness (QED) is 0.545. The van der Waals surface area contributed by atoms with Crippen LogP contribution < -0.4 is 0 Å². The number of H-pyrrole nitrogens is 1. The van der Waals surface area contributed by atoms with Crippen molar-refractivity contribution in [1.82, 2.24) is 10.1 Å². The summed E-state index contributed by atoms with van der Waals surface area (Å²) in [6, 6.07) is 7.97. The molecule has 12 heavy (non-hydrogen) atoms. The lowest BCUT2D eigenvalue weighted by Gasteiger charge is -1.87. The molecule has 0 aliphatic heterocycles. The second kappa shape index (κ2) is 1.88. The number of hydrogen-bond donors (Lipinski definition) is 1. The maximum atomic E-state index is 5.11. The molecule has 0 amide bonds. The summed E-state index contributed by atoms with van der Waals surface area (Å²) >= 11 is 0. The van der Waals surface area contributed by atoms with Gasteiger partial charge in [0.15, 0.2) is 5.58 Å². The third-order valence-electron chi connectivity index (χ3n) is 1.97. The van der Waals surface area contributed by atoms with E-state index in [1.54, 1.807) is 6.20 Å². The summed E-state index contributed by atoms with van der Waals surface area (Å²) in [6.45, 7) is 0. The Labute approximate surface area is 68.0 Å². The van der Waals surface area contributed by atoms with Crippen LogP contribution in [0.5, 0.6) is 0 Å². The van der Waals surface area contributed by atoms with E-state index in [0.29, 0.717) is 0 Å². The van der Waals surface area contributed by atoms with Gasteiger partial charge in [0.25, 0.3) is 0 Å². The van der Waals surface area contributed by atoms with Crippen molar-refractivity contribution in [1.29, 1.82) is 0 Å². The summed E-state index contributed by atoms with van der Waals surface area (Å²) in [7, 11) is 0. The molecule has 1 N–H and O–H groups in total. The Balaban J connectivity index is 2.62. The number of aromatic nitrogens is 2. The molecule has 2 heterocycles. The Bertz CT molecular complexity index is 444. The molecule has 2 aromatic heterocycles. The molecule has 0 radical (unpaired) electrons. The van der Waals surface area contributed by atoms with E-state index in [0.717, 1.165) is 22.0 Å². The third kappa shape index (κ3) is 0.625. The summed E-state index contributed by atoms with van der Waals surface area (Å²) in [5.41, 5.74) is 2.68. The normalized spacial score (nSPS) is 11.3. The molecule has 3 rings (SSSR count). The minimum atomic E-state index is 0.800. The third-order valence-corrected chi connectivity index (χ3v) is 1.97. The summed E-state index contributed by atoms with van der Waals surface area (Å²) < 4.78 is 5.11. The SMILES string of the molecule is c1cc2cc3o[nH]cc3nc2c1.